The number of hydrogen-bond donors (Lipinski definition) is 2. The summed E-state index contributed by atoms with van der Waals surface area (Å²) in [5.74, 6) is -1.51. The molecule has 0 amide bonds. The average molecular weight is 361 g/mol. The summed E-state index contributed by atoms with van der Waals surface area (Å²) >= 11 is 5.96. The van der Waals surface area contributed by atoms with E-state index in [1.165, 1.54) is 12.1 Å². The number of carbonyl (C=O) groups is 1. The first-order valence-corrected chi connectivity index (χ1v) is 7.01. The van der Waals surface area contributed by atoms with Crippen LogP contribution in [0.25, 0.3) is 11.1 Å². The van der Waals surface area contributed by atoms with Crippen molar-refractivity contribution in [1.82, 2.24) is 4.98 Å². The largest absolute Gasteiger partial charge is 0.482 e. The molecule has 0 aliphatic rings. The third-order valence-corrected chi connectivity index (χ3v) is 3.42. The third kappa shape index (κ3) is 4.36. The highest BCUT2D eigenvalue weighted by atomic mass is 35.5. The van der Waals surface area contributed by atoms with Crippen LogP contribution in [-0.4, -0.2) is 28.8 Å². The number of hydrogen-bond acceptors (Lipinski definition) is 4. The Balaban J connectivity index is 2.51. The van der Waals surface area contributed by atoms with E-state index in [-0.39, 0.29) is 23.6 Å². The number of nitrogens with two attached hydrogens (primary N) is 1. The number of alkyl halides is 3. The minimum Gasteiger partial charge on any atom is -0.482 e. The standard InChI is InChI=1S/C15H12ClF3N2O3/c16-11-2-1-8(3-9(11)5-20)10-4-12(14(22)23)21-6-13(10)24-7-15(17,18)19/h1-4,6H,5,7,20H2,(H,22,23). The van der Waals surface area contributed by atoms with E-state index in [1.54, 1.807) is 6.07 Å². The number of pyridine rings is 1. The van der Waals surface area contributed by atoms with Gasteiger partial charge in [0.05, 0.1) is 6.20 Å². The molecule has 0 bridgehead atoms. The van der Waals surface area contributed by atoms with Gasteiger partial charge in [0.15, 0.2) is 6.61 Å². The van der Waals surface area contributed by atoms with Crippen molar-refractivity contribution in [3.05, 3.63) is 46.7 Å². The van der Waals surface area contributed by atoms with Crippen molar-refractivity contribution in [2.24, 2.45) is 5.73 Å². The van der Waals surface area contributed by atoms with Gasteiger partial charge >= 0.3 is 12.1 Å². The zero-order chi connectivity index (χ0) is 17.9. The molecule has 2 rings (SSSR count). The Labute approximate surface area is 139 Å². The Bertz CT molecular complexity index is 766. The topological polar surface area (TPSA) is 85.4 Å². The first kappa shape index (κ1) is 18.0. The molecule has 0 saturated heterocycles. The first-order chi connectivity index (χ1) is 11.2. The van der Waals surface area contributed by atoms with E-state index in [0.717, 1.165) is 12.3 Å². The van der Waals surface area contributed by atoms with Crippen molar-refractivity contribution in [2.45, 2.75) is 12.7 Å². The van der Waals surface area contributed by atoms with Gasteiger partial charge in [0.1, 0.15) is 11.4 Å². The lowest BCUT2D eigenvalue weighted by Gasteiger charge is -2.14. The predicted octanol–water partition coefficient (Wildman–Crippen LogP) is 3.50. The Kier molecular flexibility index (Phi) is 5.30. The molecule has 24 heavy (non-hydrogen) atoms. The number of carboxylic acid groups (broad SMARTS) is 1. The van der Waals surface area contributed by atoms with Crippen LogP contribution in [0.3, 0.4) is 0 Å². The molecule has 2 aromatic rings. The fraction of sp³-hybridized carbons (Fsp3) is 0.200. The van der Waals surface area contributed by atoms with E-state index < -0.39 is 18.8 Å². The van der Waals surface area contributed by atoms with Gasteiger partial charge in [-0.2, -0.15) is 13.2 Å². The molecule has 9 heteroatoms. The number of nitrogens with zero attached hydrogens (tertiary/aromatic N) is 1. The van der Waals surface area contributed by atoms with Crippen LogP contribution in [-0.2, 0) is 6.54 Å². The maximum absolute atomic E-state index is 12.4. The molecule has 1 heterocycles. The first-order valence-electron chi connectivity index (χ1n) is 6.63. The second kappa shape index (κ2) is 7.06. The van der Waals surface area contributed by atoms with Crippen LogP contribution in [0.15, 0.2) is 30.5 Å². The Morgan fingerprint density at radius 1 is 1.33 bits per heavy atom. The van der Waals surface area contributed by atoms with E-state index >= 15 is 0 Å². The monoisotopic (exact) mass is 360 g/mol. The molecule has 0 unspecified atom stereocenters. The van der Waals surface area contributed by atoms with E-state index in [0.29, 0.717) is 16.1 Å². The van der Waals surface area contributed by atoms with Crippen molar-refractivity contribution in [2.75, 3.05) is 6.61 Å². The van der Waals surface area contributed by atoms with Crippen molar-refractivity contribution >= 4 is 17.6 Å². The van der Waals surface area contributed by atoms with Crippen LogP contribution in [0.5, 0.6) is 5.75 Å². The number of aromatic nitrogens is 1. The van der Waals surface area contributed by atoms with E-state index in [9.17, 15) is 18.0 Å². The zero-order valence-corrected chi connectivity index (χ0v) is 12.9. The van der Waals surface area contributed by atoms with E-state index in [2.05, 4.69) is 4.98 Å². The van der Waals surface area contributed by atoms with Crippen molar-refractivity contribution < 1.29 is 27.8 Å². The van der Waals surface area contributed by atoms with E-state index in [1.807, 2.05) is 0 Å². The van der Waals surface area contributed by atoms with Gasteiger partial charge in [-0.1, -0.05) is 17.7 Å². The molecule has 128 valence electrons. The molecular weight excluding hydrogens is 349 g/mol. The SMILES string of the molecule is NCc1cc(-c2cc(C(=O)O)ncc2OCC(F)(F)F)ccc1Cl. The molecule has 1 aromatic heterocycles. The molecule has 5 nitrogen and oxygen atoms in total. The maximum atomic E-state index is 12.4. The summed E-state index contributed by atoms with van der Waals surface area (Å²) in [5, 5.41) is 9.42. The summed E-state index contributed by atoms with van der Waals surface area (Å²) < 4.78 is 41.9. The van der Waals surface area contributed by atoms with Crippen LogP contribution in [0.1, 0.15) is 16.1 Å². The molecule has 0 fully saturated rings. The van der Waals surface area contributed by atoms with Crippen molar-refractivity contribution in [3.63, 3.8) is 0 Å². The number of benzene rings is 1. The van der Waals surface area contributed by atoms with Gasteiger partial charge in [-0.3, -0.25) is 0 Å². The smallest absolute Gasteiger partial charge is 0.422 e. The number of rotatable bonds is 5. The lowest BCUT2D eigenvalue weighted by Crippen LogP contribution is -2.19. The minimum absolute atomic E-state index is 0.113. The molecule has 0 aliphatic carbocycles. The van der Waals surface area contributed by atoms with Gasteiger partial charge in [0.25, 0.3) is 0 Å². The van der Waals surface area contributed by atoms with Gasteiger partial charge in [-0.25, -0.2) is 9.78 Å². The molecule has 0 atom stereocenters. The van der Waals surface area contributed by atoms with Crippen LogP contribution < -0.4 is 10.5 Å². The zero-order valence-electron chi connectivity index (χ0n) is 12.1. The summed E-state index contributed by atoms with van der Waals surface area (Å²) in [6.07, 6.45) is -3.59. The summed E-state index contributed by atoms with van der Waals surface area (Å²) in [4.78, 5) is 14.6. The number of ether oxygens (including phenoxy) is 1. The summed E-state index contributed by atoms with van der Waals surface area (Å²) in [7, 11) is 0. The molecule has 0 spiro atoms. The predicted molar refractivity (Wildman–Crippen MR) is 81.1 cm³/mol. The second-order valence-corrected chi connectivity index (χ2v) is 5.19. The molecule has 3 N–H and O–H groups in total. The lowest BCUT2D eigenvalue weighted by atomic mass is 10.0. The van der Waals surface area contributed by atoms with E-state index in [4.69, 9.17) is 27.2 Å². The number of aromatic carboxylic acids is 1. The van der Waals surface area contributed by atoms with Gasteiger partial charge in [0.2, 0.25) is 0 Å². The molecule has 0 radical (unpaired) electrons. The average Bonchev–Trinajstić information content (AvgIpc) is 2.52. The van der Waals surface area contributed by atoms with Crippen LogP contribution in [0.2, 0.25) is 5.02 Å². The fourth-order valence-electron chi connectivity index (χ4n) is 1.96. The highest BCUT2D eigenvalue weighted by Crippen LogP contribution is 2.33. The maximum Gasteiger partial charge on any atom is 0.422 e. The van der Waals surface area contributed by atoms with Crippen LogP contribution >= 0.6 is 11.6 Å². The van der Waals surface area contributed by atoms with Crippen molar-refractivity contribution in [1.29, 1.82) is 0 Å². The Hall–Kier alpha value is -2.32. The Morgan fingerprint density at radius 2 is 2.04 bits per heavy atom. The van der Waals surface area contributed by atoms with Gasteiger partial charge in [-0.05, 0) is 29.3 Å². The lowest BCUT2D eigenvalue weighted by molar-refractivity contribution is -0.153. The molecule has 1 aromatic carbocycles. The summed E-state index contributed by atoms with van der Waals surface area (Å²) in [5.41, 5.74) is 6.36. The van der Waals surface area contributed by atoms with Crippen LogP contribution in [0.4, 0.5) is 13.2 Å². The highest BCUT2D eigenvalue weighted by Gasteiger charge is 2.29. The molecular formula is C15H12ClF3N2O3. The molecule has 0 aliphatic heterocycles. The summed E-state index contributed by atoms with van der Waals surface area (Å²) in [6, 6.07) is 5.75. The van der Waals surface area contributed by atoms with Crippen molar-refractivity contribution in [3.8, 4) is 16.9 Å². The fourth-order valence-corrected chi connectivity index (χ4v) is 2.15. The quantitative estimate of drug-likeness (QED) is 0.852. The van der Waals surface area contributed by atoms with Gasteiger partial charge < -0.3 is 15.6 Å². The molecule has 0 saturated carbocycles. The highest BCUT2D eigenvalue weighted by molar-refractivity contribution is 6.31. The normalized spacial score (nSPS) is 11.4. The van der Waals surface area contributed by atoms with Gasteiger partial charge in [-0.15, -0.1) is 0 Å². The third-order valence-electron chi connectivity index (χ3n) is 3.05. The van der Waals surface area contributed by atoms with Gasteiger partial charge in [0, 0.05) is 17.1 Å². The second-order valence-electron chi connectivity index (χ2n) is 4.79. The summed E-state index contributed by atoms with van der Waals surface area (Å²) in [6.45, 7) is -1.41. The number of halogens is 4. The van der Waals surface area contributed by atoms with Crippen LogP contribution in [0, 0.1) is 0 Å². The Morgan fingerprint density at radius 3 is 2.62 bits per heavy atom. The number of carboxylic acids is 1. The minimum atomic E-state index is -4.54.